The topological polar surface area (TPSA) is 81.0 Å². The van der Waals surface area contributed by atoms with Crippen molar-refractivity contribution in [2.24, 2.45) is 0 Å². The molecule has 10 heteroatoms. The third-order valence-electron chi connectivity index (χ3n) is 6.54. The number of anilines is 2. The average Bonchev–Trinajstić information content (AvgIpc) is 3.41. The zero-order valence-electron chi connectivity index (χ0n) is 20.9. The highest BCUT2D eigenvalue weighted by Gasteiger charge is 2.61. The molecule has 2 amide bonds. The Hall–Kier alpha value is -4.73. The van der Waals surface area contributed by atoms with Gasteiger partial charge < -0.3 is 19.2 Å². The van der Waals surface area contributed by atoms with Crippen LogP contribution in [0.4, 0.5) is 24.5 Å². The average molecular weight is 537 g/mol. The molecule has 1 atom stereocenters. The van der Waals surface area contributed by atoms with Crippen molar-refractivity contribution in [2.45, 2.75) is 18.1 Å². The van der Waals surface area contributed by atoms with Crippen LogP contribution in [0, 0.1) is 0 Å². The van der Waals surface area contributed by atoms with E-state index < -0.39 is 23.2 Å². The van der Waals surface area contributed by atoms with E-state index in [2.05, 4.69) is 5.32 Å². The molecular formula is C29H23F3N2O5. The highest BCUT2D eigenvalue weighted by molar-refractivity contribution is 6.16. The lowest BCUT2D eigenvalue weighted by molar-refractivity contribution is -0.138. The Morgan fingerprint density at radius 1 is 0.923 bits per heavy atom. The van der Waals surface area contributed by atoms with Crippen LogP contribution in [0.2, 0.25) is 0 Å². The first-order valence-electron chi connectivity index (χ1n) is 11.9. The molecule has 4 aromatic rings. The molecule has 1 N–H and O–H groups in total. The predicted octanol–water partition coefficient (Wildman–Crippen LogP) is 6.25. The molecule has 0 saturated carbocycles. The van der Waals surface area contributed by atoms with E-state index in [1.54, 1.807) is 48.5 Å². The number of carbonyl (C=O) groups excluding carboxylic acids is 2. The second kappa shape index (κ2) is 9.86. The summed E-state index contributed by atoms with van der Waals surface area (Å²) >= 11 is 0. The second-order valence-corrected chi connectivity index (χ2v) is 8.90. The van der Waals surface area contributed by atoms with Gasteiger partial charge in [-0.1, -0.05) is 24.3 Å². The molecular weight excluding hydrogens is 513 g/mol. The Kier molecular flexibility index (Phi) is 6.55. The van der Waals surface area contributed by atoms with Crippen molar-refractivity contribution in [1.29, 1.82) is 0 Å². The van der Waals surface area contributed by atoms with Crippen LogP contribution >= 0.6 is 0 Å². The molecule has 1 unspecified atom stereocenters. The quantitative estimate of drug-likeness (QED) is 0.282. The van der Waals surface area contributed by atoms with Crippen LogP contribution < -0.4 is 19.7 Å². The molecule has 1 aromatic heterocycles. The maximum Gasteiger partial charge on any atom is 0.416 e. The van der Waals surface area contributed by atoms with Gasteiger partial charge in [0.1, 0.15) is 23.0 Å². The Morgan fingerprint density at radius 3 is 2.31 bits per heavy atom. The number of amides is 2. The van der Waals surface area contributed by atoms with Gasteiger partial charge in [0.05, 0.1) is 26.2 Å². The Labute approximate surface area is 221 Å². The minimum absolute atomic E-state index is 0.0951. The first-order chi connectivity index (χ1) is 18.7. The Balaban J connectivity index is 1.59. The Bertz CT molecular complexity index is 1550. The molecule has 1 fully saturated rings. The van der Waals surface area contributed by atoms with Crippen molar-refractivity contribution >= 4 is 23.2 Å². The van der Waals surface area contributed by atoms with Crippen molar-refractivity contribution in [2.75, 3.05) is 24.4 Å². The number of nitrogens with one attached hydrogen (secondary N) is 1. The summed E-state index contributed by atoms with van der Waals surface area (Å²) in [7, 11) is 2.98. The van der Waals surface area contributed by atoms with Crippen LogP contribution in [0.15, 0.2) is 89.3 Å². The lowest BCUT2D eigenvalue weighted by atomic mass is 9.79. The van der Waals surface area contributed by atoms with Crippen molar-refractivity contribution < 1.29 is 36.7 Å². The minimum Gasteiger partial charge on any atom is -0.497 e. The van der Waals surface area contributed by atoms with E-state index in [0.29, 0.717) is 22.9 Å². The number of hydrogen-bond donors (Lipinski definition) is 1. The van der Waals surface area contributed by atoms with E-state index >= 15 is 0 Å². The SMILES string of the molecule is COc1cccc(NC(=O)C2(c3ccc(-c4cccc(C(F)(F)F)c4)o3)CC(=O)N2c2cccc(OC)c2)c1. The van der Waals surface area contributed by atoms with Crippen molar-refractivity contribution in [3.8, 4) is 22.8 Å². The molecule has 5 rings (SSSR count). The number of halogens is 3. The third-order valence-corrected chi connectivity index (χ3v) is 6.54. The van der Waals surface area contributed by atoms with Crippen molar-refractivity contribution in [3.05, 3.63) is 96.3 Å². The van der Waals surface area contributed by atoms with Gasteiger partial charge >= 0.3 is 6.18 Å². The fourth-order valence-electron chi connectivity index (χ4n) is 4.60. The molecule has 1 aliphatic heterocycles. The number of nitrogens with zero attached hydrogens (tertiary/aromatic N) is 1. The normalized spacial score (nSPS) is 16.9. The van der Waals surface area contributed by atoms with Gasteiger partial charge in [-0.05, 0) is 48.5 Å². The van der Waals surface area contributed by atoms with Gasteiger partial charge in [0.15, 0.2) is 5.54 Å². The molecule has 39 heavy (non-hydrogen) atoms. The summed E-state index contributed by atoms with van der Waals surface area (Å²) in [6.07, 6.45) is -4.76. The number of methoxy groups -OCH3 is 2. The molecule has 3 aromatic carbocycles. The van der Waals surface area contributed by atoms with Gasteiger partial charge in [0.2, 0.25) is 5.91 Å². The number of ether oxygens (including phenoxy) is 2. The number of hydrogen-bond acceptors (Lipinski definition) is 5. The van der Waals surface area contributed by atoms with Crippen LogP contribution in [0.3, 0.4) is 0 Å². The number of β-lactam (4-membered cyclic amide) rings is 1. The summed E-state index contributed by atoms with van der Waals surface area (Å²) in [5, 5.41) is 2.83. The van der Waals surface area contributed by atoms with E-state index in [9.17, 15) is 22.8 Å². The van der Waals surface area contributed by atoms with Crippen LogP contribution in [0.25, 0.3) is 11.3 Å². The monoisotopic (exact) mass is 536 g/mol. The number of furan rings is 1. The summed E-state index contributed by atoms with van der Waals surface area (Å²) in [6.45, 7) is 0. The summed E-state index contributed by atoms with van der Waals surface area (Å²) in [6, 6.07) is 21.0. The zero-order chi connectivity index (χ0) is 27.8. The van der Waals surface area contributed by atoms with Crippen LogP contribution in [-0.4, -0.2) is 26.0 Å². The second-order valence-electron chi connectivity index (χ2n) is 8.90. The first kappa shape index (κ1) is 25.9. The van der Waals surface area contributed by atoms with Crippen LogP contribution in [-0.2, 0) is 21.3 Å². The highest BCUT2D eigenvalue weighted by atomic mass is 19.4. The van der Waals surface area contributed by atoms with Gasteiger partial charge in [0, 0.05) is 29.1 Å². The number of rotatable bonds is 7. The van der Waals surface area contributed by atoms with E-state index in [1.165, 1.54) is 43.4 Å². The zero-order valence-corrected chi connectivity index (χ0v) is 20.9. The molecule has 0 spiro atoms. The van der Waals surface area contributed by atoms with E-state index in [-0.39, 0.29) is 29.4 Å². The first-order valence-corrected chi connectivity index (χ1v) is 11.9. The molecule has 0 aliphatic carbocycles. The maximum atomic E-state index is 13.9. The smallest absolute Gasteiger partial charge is 0.416 e. The summed E-state index contributed by atoms with van der Waals surface area (Å²) in [5.41, 5.74) is -1.46. The largest absolute Gasteiger partial charge is 0.497 e. The summed E-state index contributed by atoms with van der Waals surface area (Å²) in [5.74, 6) is 0.288. The van der Waals surface area contributed by atoms with E-state index in [0.717, 1.165) is 12.1 Å². The maximum absolute atomic E-state index is 13.9. The van der Waals surface area contributed by atoms with Gasteiger partial charge in [-0.2, -0.15) is 13.2 Å². The van der Waals surface area contributed by atoms with Gasteiger partial charge in [-0.15, -0.1) is 0 Å². The van der Waals surface area contributed by atoms with Crippen molar-refractivity contribution in [1.82, 2.24) is 0 Å². The lowest BCUT2D eigenvalue weighted by Gasteiger charge is -2.49. The Morgan fingerprint density at radius 2 is 1.62 bits per heavy atom. The predicted molar refractivity (Wildman–Crippen MR) is 138 cm³/mol. The number of alkyl halides is 3. The molecule has 200 valence electrons. The number of carbonyl (C=O) groups is 2. The van der Waals surface area contributed by atoms with Crippen LogP contribution in [0.5, 0.6) is 11.5 Å². The van der Waals surface area contributed by atoms with Gasteiger partial charge in [-0.25, -0.2) is 0 Å². The van der Waals surface area contributed by atoms with Crippen LogP contribution in [0.1, 0.15) is 17.7 Å². The molecule has 2 heterocycles. The standard InChI is InChI=1S/C29H23F3N2O5/c1-37-22-10-4-8-20(15-22)33-27(36)28(17-26(35)34(28)21-9-5-11-23(16-21)38-2)25-13-12-24(39-25)18-6-3-7-19(14-18)29(30,31)32/h3-16H,17H2,1-2H3,(H,33,36). The molecule has 0 radical (unpaired) electrons. The van der Waals surface area contributed by atoms with E-state index in [1.807, 2.05) is 0 Å². The minimum atomic E-state index is -4.53. The molecule has 7 nitrogen and oxygen atoms in total. The fraction of sp³-hybridized carbons (Fsp3) is 0.172. The lowest BCUT2D eigenvalue weighted by Crippen LogP contribution is -2.67. The highest BCUT2D eigenvalue weighted by Crippen LogP contribution is 2.48. The van der Waals surface area contributed by atoms with Crippen molar-refractivity contribution in [3.63, 3.8) is 0 Å². The number of benzene rings is 3. The fourth-order valence-corrected chi connectivity index (χ4v) is 4.60. The summed E-state index contributed by atoms with van der Waals surface area (Å²) < 4.78 is 56.5. The van der Waals surface area contributed by atoms with Gasteiger partial charge in [-0.3, -0.25) is 14.5 Å². The van der Waals surface area contributed by atoms with E-state index in [4.69, 9.17) is 13.9 Å². The molecule has 1 aliphatic rings. The summed E-state index contributed by atoms with van der Waals surface area (Å²) in [4.78, 5) is 28.3. The van der Waals surface area contributed by atoms with Gasteiger partial charge in [0.25, 0.3) is 5.91 Å². The third kappa shape index (κ3) is 4.69. The molecule has 1 saturated heterocycles. The molecule has 0 bridgehead atoms.